The fourth-order valence-corrected chi connectivity index (χ4v) is 1.64. The van der Waals surface area contributed by atoms with Gasteiger partial charge in [-0.2, -0.15) is 0 Å². The molecule has 18 heavy (non-hydrogen) atoms. The van der Waals surface area contributed by atoms with Crippen LogP contribution in [0.1, 0.15) is 15.9 Å². The third-order valence-corrected chi connectivity index (χ3v) is 2.70. The maximum absolute atomic E-state index is 12.0. The molecule has 1 heterocycles. The number of nitrogens with zero attached hydrogens (tertiary/aromatic N) is 1. The minimum absolute atomic E-state index is 0.0114. The third-order valence-electron chi connectivity index (χ3n) is 2.70. The van der Waals surface area contributed by atoms with Crippen LogP contribution < -0.4 is 10.5 Å². The molecule has 0 amide bonds. The van der Waals surface area contributed by atoms with Crippen LogP contribution in [0.3, 0.4) is 0 Å². The number of ether oxygens (including phenoxy) is 1. The molecule has 2 N–H and O–H groups in total. The smallest absolute Gasteiger partial charge is 0.167 e. The average molecular weight is 242 g/mol. The fraction of sp³-hybridized carbons (Fsp3) is 0.143. The Morgan fingerprint density at radius 1 is 1.28 bits per heavy atom. The number of anilines is 1. The molecule has 0 fully saturated rings. The molecule has 4 heteroatoms. The van der Waals surface area contributed by atoms with E-state index in [0.717, 1.165) is 11.3 Å². The van der Waals surface area contributed by atoms with Gasteiger partial charge in [0.15, 0.2) is 5.78 Å². The summed E-state index contributed by atoms with van der Waals surface area (Å²) in [5.74, 6) is 0.741. The number of carbonyl (C=O) groups is 1. The van der Waals surface area contributed by atoms with Crippen molar-refractivity contribution in [3.8, 4) is 5.75 Å². The number of methoxy groups -OCH3 is 1. The summed E-state index contributed by atoms with van der Waals surface area (Å²) in [5, 5.41) is 0. The van der Waals surface area contributed by atoms with Crippen LogP contribution in [-0.2, 0) is 6.42 Å². The number of hydrogen-bond acceptors (Lipinski definition) is 4. The highest BCUT2D eigenvalue weighted by molar-refractivity contribution is 5.98. The molecule has 0 atom stereocenters. The number of nitrogen functional groups attached to an aromatic ring is 1. The molecular weight excluding hydrogens is 228 g/mol. The maximum Gasteiger partial charge on any atom is 0.167 e. The quantitative estimate of drug-likeness (QED) is 0.834. The number of Topliss-reactive ketones (excluding diaryl/α,β-unsaturated/α-hetero) is 1. The van der Waals surface area contributed by atoms with E-state index < -0.39 is 0 Å². The van der Waals surface area contributed by atoms with Gasteiger partial charge in [-0.05, 0) is 30.3 Å². The summed E-state index contributed by atoms with van der Waals surface area (Å²) in [5.41, 5.74) is 7.76. The van der Waals surface area contributed by atoms with Crippen molar-refractivity contribution < 1.29 is 9.53 Å². The van der Waals surface area contributed by atoms with Crippen LogP contribution in [0.25, 0.3) is 0 Å². The molecule has 0 aliphatic rings. The Morgan fingerprint density at radius 2 is 2.00 bits per heavy atom. The topological polar surface area (TPSA) is 65.2 Å². The molecule has 4 nitrogen and oxygen atoms in total. The number of aromatic nitrogens is 1. The Bertz CT molecular complexity index is 550. The molecular formula is C14H14N2O2. The zero-order chi connectivity index (χ0) is 13.0. The van der Waals surface area contributed by atoms with Crippen molar-refractivity contribution >= 4 is 11.5 Å². The first-order valence-electron chi connectivity index (χ1n) is 5.56. The molecule has 1 aromatic carbocycles. The predicted molar refractivity (Wildman–Crippen MR) is 69.7 cm³/mol. The molecule has 0 bridgehead atoms. The van der Waals surface area contributed by atoms with E-state index in [9.17, 15) is 4.79 Å². The van der Waals surface area contributed by atoms with Crippen molar-refractivity contribution in [1.82, 2.24) is 4.98 Å². The number of pyridine rings is 1. The summed E-state index contributed by atoms with van der Waals surface area (Å²) in [4.78, 5) is 16.0. The lowest BCUT2D eigenvalue weighted by Crippen LogP contribution is -2.06. The second-order valence-corrected chi connectivity index (χ2v) is 3.90. The Morgan fingerprint density at radius 3 is 2.61 bits per heavy atom. The van der Waals surface area contributed by atoms with Crippen molar-refractivity contribution in [3.05, 3.63) is 53.9 Å². The first kappa shape index (κ1) is 12.1. The number of nitrogens with two attached hydrogens (primary N) is 1. The zero-order valence-corrected chi connectivity index (χ0v) is 10.1. The van der Waals surface area contributed by atoms with Gasteiger partial charge in [0, 0.05) is 35.6 Å². The number of benzene rings is 1. The molecule has 0 saturated heterocycles. The Balaban J connectivity index is 2.14. The van der Waals surface area contributed by atoms with Crippen molar-refractivity contribution in [2.24, 2.45) is 0 Å². The van der Waals surface area contributed by atoms with Crippen molar-refractivity contribution in [3.63, 3.8) is 0 Å². The molecule has 2 rings (SSSR count). The summed E-state index contributed by atoms with van der Waals surface area (Å²) < 4.78 is 5.05. The van der Waals surface area contributed by atoms with Crippen LogP contribution in [0.2, 0.25) is 0 Å². The average Bonchev–Trinajstić information content (AvgIpc) is 2.41. The fourth-order valence-electron chi connectivity index (χ4n) is 1.64. The number of carbonyl (C=O) groups excluding carboxylic acids is 1. The molecule has 0 unspecified atom stereocenters. The normalized spacial score (nSPS) is 10.1. The lowest BCUT2D eigenvalue weighted by molar-refractivity contribution is 0.0993. The second-order valence-electron chi connectivity index (χ2n) is 3.90. The molecule has 0 saturated carbocycles. The third kappa shape index (κ3) is 2.66. The van der Waals surface area contributed by atoms with Crippen LogP contribution in [0.5, 0.6) is 5.75 Å². The van der Waals surface area contributed by atoms with Crippen LogP contribution in [0, 0.1) is 0 Å². The van der Waals surface area contributed by atoms with Crippen LogP contribution >= 0.6 is 0 Å². The van der Waals surface area contributed by atoms with E-state index in [1.165, 1.54) is 0 Å². The number of ketones is 1. The van der Waals surface area contributed by atoms with E-state index >= 15 is 0 Å². The molecule has 0 aliphatic carbocycles. The second kappa shape index (κ2) is 5.31. The van der Waals surface area contributed by atoms with Gasteiger partial charge in [0.2, 0.25) is 0 Å². The summed E-state index contributed by atoms with van der Waals surface area (Å²) in [6.45, 7) is 0. The number of hydrogen-bond donors (Lipinski definition) is 1. The minimum atomic E-state index is 0.0114. The first-order valence-corrected chi connectivity index (χ1v) is 5.56. The summed E-state index contributed by atoms with van der Waals surface area (Å²) in [6.07, 6.45) is 3.49. The summed E-state index contributed by atoms with van der Waals surface area (Å²) in [7, 11) is 1.59. The van der Waals surface area contributed by atoms with E-state index in [-0.39, 0.29) is 12.2 Å². The van der Waals surface area contributed by atoms with Gasteiger partial charge in [0.1, 0.15) is 5.75 Å². The van der Waals surface area contributed by atoms with E-state index in [1.54, 1.807) is 49.8 Å². The van der Waals surface area contributed by atoms with Gasteiger partial charge in [0.25, 0.3) is 0 Å². The van der Waals surface area contributed by atoms with E-state index in [4.69, 9.17) is 10.5 Å². The zero-order valence-electron chi connectivity index (χ0n) is 10.1. The lowest BCUT2D eigenvalue weighted by Gasteiger charge is -2.05. The minimum Gasteiger partial charge on any atom is -0.497 e. The van der Waals surface area contributed by atoms with Crippen LogP contribution in [0.15, 0.2) is 42.7 Å². The van der Waals surface area contributed by atoms with Crippen LogP contribution in [0.4, 0.5) is 5.69 Å². The van der Waals surface area contributed by atoms with E-state index in [2.05, 4.69) is 4.98 Å². The number of rotatable bonds is 4. The molecule has 1 aromatic heterocycles. The molecule has 0 aliphatic heterocycles. The van der Waals surface area contributed by atoms with Gasteiger partial charge in [-0.25, -0.2) is 0 Å². The highest BCUT2D eigenvalue weighted by atomic mass is 16.5. The Kier molecular flexibility index (Phi) is 3.57. The standard InChI is InChI=1S/C14H14N2O2/c1-18-12-4-2-10(3-5-12)14(17)8-11-9-16-7-6-13(11)15/h2-7,9H,8H2,1H3,(H2,15,16). The van der Waals surface area contributed by atoms with Gasteiger partial charge < -0.3 is 10.5 Å². The van der Waals surface area contributed by atoms with Crippen LogP contribution in [-0.4, -0.2) is 17.9 Å². The van der Waals surface area contributed by atoms with Gasteiger partial charge in [0.05, 0.1) is 7.11 Å². The predicted octanol–water partition coefficient (Wildman–Crippen LogP) is 2.10. The summed E-state index contributed by atoms with van der Waals surface area (Å²) >= 11 is 0. The van der Waals surface area contributed by atoms with Gasteiger partial charge in [-0.1, -0.05) is 0 Å². The summed E-state index contributed by atoms with van der Waals surface area (Å²) in [6, 6.07) is 8.71. The molecule has 92 valence electrons. The Labute approximate surface area is 105 Å². The van der Waals surface area contributed by atoms with Gasteiger partial charge in [-0.3, -0.25) is 9.78 Å². The largest absolute Gasteiger partial charge is 0.497 e. The molecule has 0 spiro atoms. The first-order chi connectivity index (χ1) is 8.70. The highest BCUT2D eigenvalue weighted by Crippen LogP contribution is 2.15. The monoisotopic (exact) mass is 242 g/mol. The Hall–Kier alpha value is -2.36. The van der Waals surface area contributed by atoms with E-state index in [0.29, 0.717) is 11.3 Å². The van der Waals surface area contributed by atoms with E-state index in [1.807, 2.05) is 0 Å². The molecule has 0 radical (unpaired) electrons. The van der Waals surface area contributed by atoms with Crippen molar-refractivity contribution in [2.75, 3.05) is 12.8 Å². The van der Waals surface area contributed by atoms with Crippen molar-refractivity contribution in [2.45, 2.75) is 6.42 Å². The molecule has 2 aromatic rings. The maximum atomic E-state index is 12.0. The van der Waals surface area contributed by atoms with Crippen molar-refractivity contribution in [1.29, 1.82) is 0 Å². The highest BCUT2D eigenvalue weighted by Gasteiger charge is 2.09. The van der Waals surface area contributed by atoms with Gasteiger partial charge in [-0.15, -0.1) is 0 Å². The lowest BCUT2D eigenvalue weighted by atomic mass is 10.0. The SMILES string of the molecule is COc1ccc(C(=O)Cc2cnccc2N)cc1. The van der Waals surface area contributed by atoms with Gasteiger partial charge >= 0.3 is 0 Å².